The van der Waals surface area contributed by atoms with E-state index in [2.05, 4.69) is 0 Å². The van der Waals surface area contributed by atoms with Crippen LogP contribution in [0.25, 0.3) is 11.1 Å². The predicted octanol–water partition coefficient (Wildman–Crippen LogP) is 4.78. The Labute approximate surface area is 194 Å². The van der Waals surface area contributed by atoms with Gasteiger partial charge in [0.05, 0.1) is 11.1 Å². The molecule has 0 saturated carbocycles. The number of hydrogen-bond acceptors (Lipinski definition) is 7. The van der Waals surface area contributed by atoms with Gasteiger partial charge in [-0.1, -0.05) is 36.4 Å². The summed E-state index contributed by atoms with van der Waals surface area (Å²) in [5.41, 5.74) is 1.43. The van der Waals surface area contributed by atoms with Crippen LogP contribution < -0.4 is 4.74 Å². The van der Waals surface area contributed by atoms with Crippen molar-refractivity contribution in [2.24, 2.45) is 0 Å². The minimum absolute atomic E-state index is 0.0938. The molecule has 0 radical (unpaired) electrons. The highest BCUT2D eigenvalue weighted by Gasteiger charge is 2.12. The fourth-order valence-electron chi connectivity index (χ4n) is 3.04. The first kappa shape index (κ1) is 23.7. The van der Waals surface area contributed by atoms with Gasteiger partial charge in [0.2, 0.25) is 0 Å². The third-order valence-corrected chi connectivity index (χ3v) is 4.47. The average molecular weight is 460 g/mol. The molecule has 4 aromatic rings. The number of carboxylic acids is 1. The van der Waals surface area contributed by atoms with E-state index in [1.807, 2.05) is 0 Å². The molecule has 0 aliphatic heterocycles. The van der Waals surface area contributed by atoms with Crippen molar-refractivity contribution in [2.45, 2.75) is 0 Å². The van der Waals surface area contributed by atoms with Crippen molar-refractivity contribution in [1.82, 2.24) is 0 Å². The number of rotatable bonds is 4. The lowest BCUT2D eigenvalue weighted by Crippen LogP contribution is -2.07. The molecule has 0 saturated heterocycles. The third-order valence-electron chi connectivity index (χ3n) is 4.47. The largest absolute Gasteiger partial charge is 0.508 e. The number of phenolic OH excluding ortho intramolecular Hbond substituents is 4. The molecule has 0 aliphatic rings. The van der Waals surface area contributed by atoms with Crippen molar-refractivity contribution in [3.8, 4) is 39.9 Å². The van der Waals surface area contributed by atoms with Crippen LogP contribution in [0.4, 0.5) is 0 Å². The Morgan fingerprint density at radius 1 is 0.618 bits per heavy atom. The summed E-state index contributed by atoms with van der Waals surface area (Å²) in [5, 5.41) is 46.2. The van der Waals surface area contributed by atoms with Crippen molar-refractivity contribution in [1.29, 1.82) is 0 Å². The molecule has 4 rings (SSSR count). The van der Waals surface area contributed by atoms with Gasteiger partial charge in [0.1, 0.15) is 28.7 Å². The highest BCUT2D eigenvalue weighted by atomic mass is 16.5. The van der Waals surface area contributed by atoms with E-state index >= 15 is 0 Å². The van der Waals surface area contributed by atoms with E-state index in [-0.39, 0.29) is 34.3 Å². The molecule has 8 heteroatoms. The topological polar surface area (TPSA) is 145 Å². The molecule has 0 bridgehead atoms. The summed E-state index contributed by atoms with van der Waals surface area (Å²) < 4.78 is 5.00. The number of carbonyl (C=O) groups excluding carboxylic acids is 1. The van der Waals surface area contributed by atoms with Gasteiger partial charge >= 0.3 is 11.9 Å². The number of ether oxygens (including phenoxy) is 1. The van der Waals surface area contributed by atoms with Crippen LogP contribution in [0, 0.1) is 0 Å². The molecule has 0 heterocycles. The van der Waals surface area contributed by atoms with Crippen LogP contribution in [0.5, 0.6) is 28.7 Å². The number of aromatic hydroxyl groups is 4. The standard InChI is InChI=1S/2C13H10O4/c14-9-5-8(6-10(15)7-9)11-3-1-2-4-12(11)13(16)17;14-10-6-11(15)8-12(7-10)17-13(16)9-4-2-1-3-5-9/h1-7,14-15H,(H,16,17);1-8,14-15H. The molecule has 5 N–H and O–H groups in total. The maximum absolute atomic E-state index is 11.7. The molecule has 0 unspecified atom stereocenters. The summed E-state index contributed by atoms with van der Waals surface area (Å²) in [7, 11) is 0. The number of hydrogen-bond donors (Lipinski definition) is 5. The molecule has 0 spiro atoms. The Hall–Kier alpha value is -4.98. The van der Waals surface area contributed by atoms with Crippen molar-refractivity contribution in [3.05, 3.63) is 102 Å². The van der Waals surface area contributed by atoms with E-state index in [0.29, 0.717) is 16.7 Å². The average Bonchev–Trinajstić information content (AvgIpc) is 2.79. The van der Waals surface area contributed by atoms with Crippen LogP contribution in [-0.2, 0) is 0 Å². The maximum atomic E-state index is 11.7. The summed E-state index contributed by atoms with van der Waals surface area (Å²) in [5.74, 6) is -2.06. The summed E-state index contributed by atoms with van der Waals surface area (Å²) in [4.78, 5) is 22.7. The number of carbonyl (C=O) groups is 2. The fourth-order valence-corrected chi connectivity index (χ4v) is 3.04. The summed E-state index contributed by atoms with van der Waals surface area (Å²) in [6, 6.07) is 22.5. The molecule has 0 amide bonds. The Bertz CT molecular complexity index is 1280. The van der Waals surface area contributed by atoms with Gasteiger partial charge in [-0.05, 0) is 41.5 Å². The molecular formula is C26H20O8. The van der Waals surface area contributed by atoms with Gasteiger partial charge in [0.15, 0.2) is 0 Å². The number of benzene rings is 4. The maximum Gasteiger partial charge on any atom is 0.343 e. The predicted molar refractivity (Wildman–Crippen MR) is 123 cm³/mol. The Balaban J connectivity index is 0.000000191. The molecule has 4 aromatic carbocycles. The van der Waals surface area contributed by atoms with E-state index < -0.39 is 11.9 Å². The second kappa shape index (κ2) is 10.6. The van der Waals surface area contributed by atoms with Crippen LogP contribution in [-0.4, -0.2) is 37.5 Å². The van der Waals surface area contributed by atoms with Crippen LogP contribution >= 0.6 is 0 Å². The SMILES string of the molecule is O=C(O)c1ccccc1-c1cc(O)cc(O)c1.O=C(Oc1cc(O)cc(O)c1)c1ccccc1. The number of phenols is 4. The van der Waals surface area contributed by atoms with Crippen molar-refractivity contribution < 1.29 is 39.9 Å². The third kappa shape index (κ3) is 6.27. The number of esters is 1. The summed E-state index contributed by atoms with van der Waals surface area (Å²) >= 11 is 0. The lowest BCUT2D eigenvalue weighted by atomic mass is 9.99. The number of aromatic carboxylic acids is 1. The molecule has 0 fully saturated rings. The van der Waals surface area contributed by atoms with Gasteiger partial charge in [-0.3, -0.25) is 0 Å². The monoisotopic (exact) mass is 460 g/mol. The van der Waals surface area contributed by atoms with E-state index in [1.54, 1.807) is 48.5 Å². The van der Waals surface area contributed by atoms with Crippen molar-refractivity contribution in [2.75, 3.05) is 0 Å². The first-order chi connectivity index (χ1) is 16.2. The quantitative estimate of drug-likeness (QED) is 0.216. The highest BCUT2D eigenvalue weighted by Crippen LogP contribution is 2.30. The van der Waals surface area contributed by atoms with E-state index in [0.717, 1.165) is 6.07 Å². The van der Waals surface area contributed by atoms with Crippen molar-refractivity contribution in [3.63, 3.8) is 0 Å². The van der Waals surface area contributed by atoms with Gasteiger partial charge in [-0.25, -0.2) is 9.59 Å². The van der Waals surface area contributed by atoms with Crippen molar-refractivity contribution >= 4 is 11.9 Å². The lowest BCUT2D eigenvalue weighted by molar-refractivity contribution is 0.0695. The first-order valence-electron chi connectivity index (χ1n) is 9.89. The second-order valence-electron chi connectivity index (χ2n) is 7.03. The first-order valence-corrected chi connectivity index (χ1v) is 9.89. The zero-order valence-corrected chi connectivity index (χ0v) is 17.6. The lowest BCUT2D eigenvalue weighted by Gasteiger charge is -2.07. The van der Waals surface area contributed by atoms with Crippen LogP contribution in [0.2, 0.25) is 0 Å². The summed E-state index contributed by atoms with van der Waals surface area (Å²) in [6.45, 7) is 0. The second-order valence-corrected chi connectivity index (χ2v) is 7.03. The van der Waals surface area contributed by atoms with E-state index in [9.17, 15) is 30.0 Å². The van der Waals surface area contributed by atoms with Gasteiger partial charge in [-0.15, -0.1) is 0 Å². The Morgan fingerprint density at radius 3 is 1.68 bits per heavy atom. The zero-order valence-electron chi connectivity index (χ0n) is 17.6. The molecule has 172 valence electrons. The van der Waals surface area contributed by atoms with Crippen LogP contribution in [0.1, 0.15) is 20.7 Å². The zero-order chi connectivity index (χ0) is 24.7. The minimum atomic E-state index is -1.05. The fraction of sp³-hybridized carbons (Fsp3) is 0. The molecule has 0 aromatic heterocycles. The molecule has 8 nitrogen and oxygen atoms in total. The highest BCUT2D eigenvalue weighted by molar-refractivity contribution is 5.96. The van der Waals surface area contributed by atoms with Gasteiger partial charge in [0.25, 0.3) is 0 Å². The smallest absolute Gasteiger partial charge is 0.343 e. The Morgan fingerprint density at radius 2 is 1.12 bits per heavy atom. The molecule has 34 heavy (non-hydrogen) atoms. The molecule has 0 atom stereocenters. The molecular weight excluding hydrogens is 440 g/mol. The van der Waals surface area contributed by atoms with E-state index in [4.69, 9.17) is 9.84 Å². The van der Waals surface area contributed by atoms with Crippen LogP contribution in [0.3, 0.4) is 0 Å². The van der Waals surface area contributed by atoms with Gasteiger partial charge in [-0.2, -0.15) is 0 Å². The normalized spacial score (nSPS) is 10.0. The van der Waals surface area contributed by atoms with E-state index in [1.165, 1.54) is 36.4 Å². The number of carboxylic acid groups (broad SMARTS) is 1. The minimum Gasteiger partial charge on any atom is -0.508 e. The molecule has 0 aliphatic carbocycles. The summed E-state index contributed by atoms with van der Waals surface area (Å²) in [6.07, 6.45) is 0. The van der Waals surface area contributed by atoms with Gasteiger partial charge < -0.3 is 30.3 Å². The van der Waals surface area contributed by atoms with Gasteiger partial charge in [0, 0.05) is 24.3 Å². The van der Waals surface area contributed by atoms with Crippen LogP contribution in [0.15, 0.2) is 91.0 Å². The Kier molecular flexibility index (Phi) is 7.35.